The Bertz CT molecular complexity index is 362. The Labute approximate surface area is 86.9 Å². The fourth-order valence-electron chi connectivity index (χ4n) is 1.91. The molecular formula is C11H13F2NO. The lowest BCUT2D eigenvalue weighted by atomic mass is 9.85. The largest absolute Gasteiger partial charge is 0.385 e. The maximum Gasteiger partial charge on any atom is 0.159 e. The van der Waals surface area contributed by atoms with Crippen molar-refractivity contribution in [3.63, 3.8) is 0 Å². The molecule has 2 rings (SSSR count). The first-order valence-electron chi connectivity index (χ1n) is 5.00. The van der Waals surface area contributed by atoms with E-state index in [-0.39, 0.29) is 0 Å². The summed E-state index contributed by atoms with van der Waals surface area (Å²) in [4.78, 5) is 0. The van der Waals surface area contributed by atoms with E-state index in [1.54, 1.807) is 0 Å². The van der Waals surface area contributed by atoms with Crippen LogP contribution in [0.4, 0.5) is 8.78 Å². The van der Waals surface area contributed by atoms with Gasteiger partial charge in [0.1, 0.15) is 0 Å². The number of halogens is 2. The van der Waals surface area contributed by atoms with Crippen molar-refractivity contribution in [2.24, 2.45) is 0 Å². The highest BCUT2D eigenvalue weighted by molar-refractivity contribution is 5.24. The molecule has 0 bridgehead atoms. The van der Waals surface area contributed by atoms with E-state index in [2.05, 4.69) is 5.32 Å². The number of hydrogen-bond donors (Lipinski definition) is 2. The number of piperidine rings is 1. The number of benzene rings is 1. The van der Waals surface area contributed by atoms with Crippen LogP contribution < -0.4 is 5.32 Å². The van der Waals surface area contributed by atoms with Gasteiger partial charge in [-0.1, -0.05) is 6.07 Å². The molecule has 0 saturated carbocycles. The summed E-state index contributed by atoms with van der Waals surface area (Å²) in [6, 6.07) is 3.59. The quantitative estimate of drug-likeness (QED) is 0.741. The monoisotopic (exact) mass is 213 g/mol. The fourth-order valence-corrected chi connectivity index (χ4v) is 1.91. The molecule has 1 aromatic rings. The molecule has 0 aromatic heterocycles. The molecule has 1 aliphatic rings. The SMILES string of the molecule is OC1(c2ccc(F)c(F)c2)CCNCC1. The third-order valence-corrected chi connectivity index (χ3v) is 2.89. The van der Waals surface area contributed by atoms with Crippen LogP contribution in [-0.2, 0) is 5.60 Å². The Kier molecular flexibility index (Phi) is 2.71. The Morgan fingerprint density at radius 2 is 1.80 bits per heavy atom. The van der Waals surface area contributed by atoms with Gasteiger partial charge in [-0.2, -0.15) is 0 Å². The topological polar surface area (TPSA) is 32.3 Å². The molecule has 1 fully saturated rings. The van der Waals surface area contributed by atoms with Gasteiger partial charge in [-0.15, -0.1) is 0 Å². The molecule has 0 unspecified atom stereocenters. The molecule has 1 aliphatic heterocycles. The van der Waals surface area contributed by atoms with Crippen LogP contribution in [0.2, 0.25) is 0 Å². The molecule has 2 N–H and O–H groups in total. The zero-order valence-electron chi connectivity index (χ0n) is 8.26. The lowest BCUT2D eigenvalue weighted by Crippen LogP contribution is -2.39. The number of aliphatic hydroxyl groups is 1. The fraction of sp³-hybridized carbons (Fsp3) is 0.455. The Hall–Kier alpha value is -1.00. The summed E-state index contributed by atoms with van der Waals surface area (Å²) in [6.07, 6.45) is 1.05. The van der Waals surface area contributed by atoms with E-state index in [0.29, 0.717) is 31.5 Å². The lowest BCUT2D eigenvalue weighted by Gasteiger charge is -2.33. The summed E-state index contributed by atoms with van der Waals surface area (Å²) in [5, 5.41) is 13.3. The van der Waals surface area contributed by atoms with E-state index in [1.165, 1.54) is 6.07 Å². The van der Waals surface area contributed by atoms with E-state index < -0.39 is 17.2 Å². The third kappa shape index (κ3) is 2.01. The molecule has 2 nitrogen and oxygen atoms in total. The second kappa shape index (κ2) is 3.87. The summed E-state index contributed by atoms with van der Waals surface area (Å²) in [6.45, 7) is 1.38. The van der Waals surface area contributed by atoms with Gasteiger partial charge >= 0.3 is 0 Å². The van der Waals surface area contributed by atoms with Crippen LogP contribution in [0.1, 0.15) is 18.4 Å². The van der Waals surface area contributed by atoms with Crippen molar-refractivity contribution in [2.45, 2.75) is 18.4 Å². The first-order chi connectivity index (χ1) is 7.12. The van der Waals surface area contributed by atoms with Gasteiger partial charge in [-0.25, -0.2) is 8.78 Å². The Morgan fingerprint density at radius 1 is 1.13 bits per heavy atom. The second-order valence-electron chi connectivity index (χ2n) is 3.91. The van der Waals surface area contributed by atoms with Crippen LogP contribution in [0.25, 0.3) is 0 Å². The van der Waals surface area contributed by atoms with E-state index in [1.807, 2.05) is 0 Å². The summed E-state index contributed by atoms with van der Waals surface area (Å²) in [5.74, 6) is -1.78. The predicted molar refractivity (Wildman–Crippen MR) is 52.4 cm³/mol. The van der Waals surface area contributed by atoms with E-state index in [4.69, 9.17) is 0 Å². The highest BCUT2D eigenvalue weighted by atomic mass is 19.2. The Morgan fingerprint density at radius 3 is 2.40 bits per heavy atom. The first-order valence-corrected chi connectivity index (χ1v) is 5.00. The van der Waals surface area contributed by atoms with Crippen LogP contribution in [0.3, 0.4) is 0 Å². The minimum atomic E-state index is -1.01. The van der Waals surface area contributed by atoms with E-state index >= 15 is 0 Å². The maximum absolute atomic E-state index is 13.0. The van der Waals surface area contributed by atoms with Gasteiger partial charge < -0.3 is 10.4 Å². The summed E-state index contributed by atoms with van der Waals surface area (Å²) < 4.78 is 25.7. The maximum atomic E-state index is 13.0. The van der Waals surface area contributed by atoms with Gasteiger partial charge in [0, 0.05) is 0 Å². The molecule has 0 atom stereocenters. The second-order valence-corrected chi connectivity index (χ2v) is 3.91. The van der Waals surface area contributed by atoms with E-state index in [0.717, 1.165) is 12.1 Å². The number of nitrogens with one attached hydrogen (secondary N) is 1. The smallest absolute Gasteiger partial charge is 0.159 e. The molecule has 1 saturated heterocycles. The molecule has 0 aliphatic carbocycles. The van der Waals surface area contributed by atoms with Crippen LogP contribution in [0.15, 0.2) is 18.2 Å². The van der Waals surface area contributed by atoms with Gasteiger partial charge in [0.2, 0.25) is 0 Å². The van der Waals surface area contributed by atoms with Crippen molar-refractivity contribution in [2.75, 3.05) is 13.1 Å². The van der Waals surface area contributed by atoms with Crippen molar-refractivity contribution in [3.05, 3.63) is 35.4 Å². The average molecular weight is 213 g/mol. The molecule has 4 heteroatoms. The van der Waals surface area contributed by atoms with Crippen molar-refractivity contribution in [1.29, 1.82) is 0 Å². The predicted octanol–water partition coefficient (Wildman–Crippen LogP) is 1.54. The van der Waals surface area contributed by atoms with Crippen LogP contribution in [0, 0.1) is 11.6 Å². The molecular weight excluding hydrogens is 200 g/mol. The minimum absolute atomic E-state index is 0.461. The first kappa shape index (κ1) is 10.5. The zero-order valence-corrected chi connectivity index (χ0v) is 8.26. The van der Waals surface area contributed by atoms with Crippen molar-refractivity contribution in [1.82, 2.24) is 5.32 Å². The molecule has 1 heterocycles. The van der Waals surface area contributed by atoms with Crippen LogP contribution >= 0.6 is 0 Å². The summed E-state index contributed by atoms with van der Waals surface area (Å²) in [7, 11) is 0. The van der Waals surface area contributed by atoms with Gasteiger partial charge in [0.25, 0.3) is 0 Å². The highest BCUT2D eigenvalue weighted by Crippen LogP contribution is 2.30. The standard InChI is InChI=1S/C11H13F2NO/c12-9-2-1-8(7-10(9)13)11(15)3-5-14-6-4-11/h1-2,7,14-15H,3-6H2. The number of hydrogen-bond acceptors (Lipinski definition) is 2. The lowest BCUT2D eigenvalue weighted by molar-refractivity contribution is 0.00558. The normalized spacial score (nSPS) is 20.2. The molecule has 1 aromatic carbocycles. The van der Waals surface area contributed by atoms with Crippen molar-refractivity contribution < 1.29 is 13.9 Å². The molecule has 82 valence electrons. The van der Waals surface area contributed by atoms with Crippen molar-refractivity contribution >= 4 is 0 Å². The van der Waals surface area contributed by atoms with Crippen LogP contribution in [-0.4, -0.2) is 18.2 Å². The van der Waals surface area contributed by atoms with Gasteiger partial charge in [0.15, 0.2) is 11.6 Å². The molecule has 15 heavy (non-hydrogen) atoms. The highest BCUT2D eigenvalue weighted by Gasteiger charge is 2.31. The minimum Gasteiger partial charge on any atom is -0.385 e. The summed E-state index contributed by atoms with van der Waals surface area (Å²) in [5.41, 5.74) is -0.553. The van der Waals surface area contributed by atoms with Crippen LogP contribution in [0.5, 0.6) is 0 Å². The zero-order chi connectivity index (χ0) is 10.9. The molecule has 0 radical (unpaired) electrons. The average Bonchev–Trinajstić information content (AvgIpc) is 2.23. The Balaban J connectivity index is 2.31. The number of rotatable bonds is 1. The summed E-state index contributed by atoms with van der Waals surface area (Å²) >= 11 is 0. The van der Waals surface area contributed by atoms with Crippen molar-refractivity contribution in [3.8, 4) is 0 Å². The van der Waals surface area contributed by atoms with E-state index in [9.17, 15) is 13.9 Å². The molecule has 0 amide bonds. The van der Waals surface area contributed by atoms with Gasteiger partial charge in [-0.3, -0.25) is 0 Å². The van der Waals surface area contributed by atoms with Gasteiger partial charge in [0.05, 0.1) is 5.60 Å². The third-order valence-electron chi connectivity index (χ3n) is 2.89. The molecule has 0 spiro atoms. The van der Waals surface area contributed by atoms with Gasteiger partial charge in [-0.05, 0) is 43.6 Å².